The van der Waals surface area contributed by atoms with Gasteiger partial charge in [-0.2, -0.15) is 4.20 Å². The van der Waals surface area contributed by atoms with Crippen molar-refractivity contribution in [3.8, 4) is 0 Å². The Morgan fingerprint density at radius 1 is 1.60 bits per heavy atom. The molecule has 0 saturated carbocycles. The molecular weight excluding hydrogens is 150 g/mol. The number of aromatic nitrogens is 3. The molecule has 0 aliphatic heterocycles. The van der Waals surface area contributed by atoms with E-state index in [-0.39, 0.29) is 0 Å². The minimum absolute atomic E-state index is 0.692. The van der Waals surface area contributed by atoms with E-state index < -0.39 is 0 Å². The lowest BCUT2D eigenvalue weighted by atomic mass is 10.3. The van der Waals surface area contributed by atoms with Crippen LogP contribution in [0, 0.1) is 6.07 Å². The molecule has 3 nitrogen and oxygen atoms in total. The molecule has 0 unspecified atom stereocenters. The average molecular weight is 153 g/mol. The van der Waals surface area contributed by atoms with Crippen LogP contribution >= 0.6 is 11.8 Å². The molecule has 4 heteroatoms. The van der Waals surface area contributed by atoms with Crippen molar-refractivity contribution in [2.45, 2.75) is 0 Å². The fourth-order valence-corrected chi connectivity index (χ4v) is 0.951. The summed E-state index contributed by atoms with van der Waals surface area (Å²) in [7, 11) is 0. The standard InChI is InChI=1S/C6H3ClN3/c7-10-6-4-2-1-3-5(6)8-9-10/h1-2,4H. The summed E-state index contributed by atoms with van der Waals surface area (Å²) in [4.78, 5) is 0. The van der Waals surface area contributed by atoms with E-state index in [1.54, 1.807) is 6.07 Å². The fourth-order valence-electron chi connectivity index (χ4n) is 0.780. The molecule has 2 aromatic rings. The molecule has 2 rings (SSSR count). The van der Waals surface area contributed by atoms with E-state index >= 15 is 0 Å². The third-order valence-corrected chi connectivity index (χ3v) is 1.48. The second kappa shape index (κ2) is 1.95. The first kappa shape index (κ1) is 5.68. The summed E-state index contributed by atoms with van der Waals surface area (Å²) in [5.41, 5.74) is 1.47. The number of hydrogen-bond donors (Lipinski definition) is 0. The molecule has 0 amide bonds. The first-order valence-electron chi connectivity index (χ1n) is 2.76. The Labute approximate surface area is 62.3 Å². The van der Waals surface area contributed by atoms with Gasteiger partial charge in [0.1, 0.15) is 11.0 Å². The lowest BCUT2D eigenvalue weighted by Crippen LogP contribution is -1.79. The van der Waals surface area contributed by atoms with Crippen molar-refractivity contribution < 1.29 is 0 Å². The molecule has 1 radical (unpaired) electrons. The Hall–Kier alpha value is -1.09. The van der Waals surface area contributed by atoms with E-state index in [2.05, 4.69) is 16.4 Å². The predicted octanol–water partition coefficient (Wildman–Crippen LogP) is 1.23. The average Bonchev–Trinajstić information content (AvgIpc) is 2.34. The maximum absolute atomic E-state index is 5.60. The molecule has 49 valence electrons. The fraction of sp³-hybridized carbons (Fsp3) is 0. The van der Waals surface area contributed by atoms with Crippen LogP contribution in [0.4, 0.5) is 0 Å². The maximum Gasteiger partial charge on any atom is 0.122 e. The lowest BCUT2D eigenvalue weighted by molar-refractivity contribution is 0.899. The number of nitrogens with zero attached hydrogens (tertiary/aromatic N) is 3. The van der Waals surface area contributed by atoms with Crippen molar-refractivity contribution in [3.05, 3.63) is 24.3 Å². The molecular formula is C6H3ClN3. The van der Waals surface area contributed by atoms with Crippen molar-refractivity contribution in [2.75, 3.05) is 0 Å². The quantitative estimate of drug-likeness (QED) is 0.569. The normalized spacial score (nSPS) is 10.5. The first-order chi connectivity index (χ1) is 4.88. The van der Waals surface area contributed by atoms with Crippen molar-refractivity contribution in [2.24, 2.45) is 0 Å². The molecule has 0 atom stereocenters. The van der Waals surface area contributed by atoms with E-state index in [1.165, 1.54) is 4.20 Å². The van der Waals surface area contributed by atoms with Crippen LogP contribution in [0.1, 0.15) is 0 Å². The van der Waals surface area contributed by atoms with E-state index in [0.29, 0.717) is 5.52 Å². The van der Waals surface area contributed by atoms with Crippen molar-refractivity contribution in [1.29, 1.82) is 0 Å². The molecule has 1 aromatic carbocycles. The summed E-state index contributed by atoms with van der Waals surface area (Å²) >= 11 is 5.60. The zero-order valence-corrected chi connectivity index (χ0v) is 5.71. The second-order valence-corrected chi connectivity index (χ2v) is 2.17. The van der Waals surface area contributed by atoms with Crippen LogP contribution in [0.2, 0.25) is 0 Å². The zero-order chi connectivity index (χ0) is 6.97. The van der Waals surface area contributed by atoms with Crippen LogP contribution in [-0.4, -0.2) is 14.5 Å². The van der Waals surface area contributed by atoms with Gasteiger partial charge in [-0.05, 0) is 11.3 Å². The van der Waals surface area contributed by atoms with Crippen LogP contribution in [-0.2, 0) is 0 Å². The van der Waals surface area contributed by atoms with Crippen LogP contribution < -0.4 is 0 Å². The SMILES string of the molecule is Cln1nnc2[c]cccc21. The summed E-state index contributed by atoms with van der Waals surface area (Å²) in [6.45, 7) is 0. The summed E-state index contributed by atoms with van der Waals surface area (Å²) < 4.78 is 1.20. The van der Waals surface area contributed by atoms with E-state index in [4.69, 9.17) is 11.8 Å². The third kappa shape index (κ3) is 0.675. The summed E-state index contributed by atoms with van der Waals surface area (Å²) in [6.07, 6.45) is 0. The highest BCUT2D eigenvalue weighted by Crippen LogP contribution is 2.08. The van der Waals surface area contributed by atoms with Gasteiger partial charge in [0.05, 0.1) is 0 Å². The van der Waals surface area contributed by atoms with Crippen molar-refractivity contribution in [1.82, 2.24) is 14.5 Å². The Bertz CT molecular complexity index is 355. The molecule has 1 aromatic heterocycles. The van der Waals surface area contributed by atoms with Crippen LogP contribution in [0.3, 0.4) is 0 Å². The van der Waals surface area contributed by atoms with Gasteiger partial charge in [-0.1, -0.05) is 12.1 Å². The van der Waals surface area contributed by atoms with Gasteiger partial charge in [0.25, 0.3) is 0 Å². The monoisotopic (exact) mass is 152 g/mol. The molecule has 0 aliphatic carbocycles. The highest BCUT2D eigenvalue weighted by atomic mass is 35.5. The van der Waals surface area contributed by atoms with E-state index in [1.807, 2.05) is 12.1 Å². The smallest absolute Gasteiger partial charge is 0.122 e. The highest BCUT2D eigenvalue weighted by Gasteiger charge is 1.98. The van der Waals surface area contributed by atoms with Gasteiger partial charge >= 0.3 is 0 Å². The number of halogens is 1. The molecule has 1 heterocycles. The topological polar surface area (TPSA) is 30.7 Å². The number of hydrogen-bond acceptors (Lipinski definition) is 2. The summed E-state index contributed by atoms with van der Waals surface area (Å²) in [5, 5.41) is 7.34. The molecule has 0 spiro atoms. The van der Waals surface area contributed by atoms with Crippen LogP contribution in [0.5, 0.6) is 0 Å². The van der Waals surface area contributed by atoms with Gasteiger partial charge in [0.15, 0.2) is 0 Å². The van der Waals surface area contributed by atoms with Gasteiger partial charge in [0.2, 0.25) is 0 Å². The largest absolute Gasteiger partial charge is 0.152 e. The molecule has 0 aliphatic rings. The minimum atomic E-state index is 0.692. The maximum atomic E-state index is 5.60. The highest BCUT2D eigenvalue weighted by molar-refractivity contribution is 6.17. The molecule has 0 N–H and O–H groups in total. The summed E-state index contributed by atoms with van der Waals surface area (Å²) in [6, 6.07) is 8.33. The molecule has 0 fully saturated rings. The number of benzene rings is 1. The number of fused-ring (bicyclic) bond motifs is 1. The van der Waals surface area contributed by atoms with Crippen LogP contribution in [0.25, 0.3) is 11.0 Å². The van der Waals surface area contributed by atoms with Gasteiger partial charge in [-0.15, -0.1) is 5.10 Å². The lowest BCUT2D eigenvalue weighted by Gasteiger charge is -1.83. The third-order valence-electron chi connectivity index (χ3n) is 1.24. The zero-order valence-electron chi connectivity index (χ0n) is 4.95. The van der Waals surface area contributed by atoms with E-state index in [0.717, 1.165) is 5.52 Å². The Balaban J connectivity index is 2.93. The molecule has 10 heavy (non-hydrogen) atoms. The van der Waals surface area contributed by atoms with E-state index in [9.17, 15) is 0 Å². The van der Waals surface area contributed by atoms with Crippen LogP contribution in [0.15, 0.2) is 18.2 Å². The van der Waals surface area contributed by atoms with Gasteiger partial charge in [-0.3, -0.25) is 0 Å². The van der Waals surface area contributed by atoms with Crippen molar-refractivity contribution in [3.63, 3.8) is 0 Å². The number of rotatable bonds is 0. The summed E-state index contributed by atoms with van der Waals surface area (Å²) in [5.74, 6) is 0. The first-order valence-corrected chi connectivity index (χ1v) is 3.10. The Morgan fingerprint density at radius 3 is 3.30 bits per heavy atom. The van der Waals surface area contributed by atoms with Gasteiger partial charge in [0, 0.05) is 17.8 Å². The van der Waals surface area contributed by atoms with Gasteiger partial charge < -0.3 is 0 Å². The molecule has 0 bridgehead atoms. The Morgan fingerprint density at radius 2 is 2.50 bits per heavy atom. The molecule has 0 saturated heterocycles. The van der Waals surface area contributed by atoms with Gasteiger partial charge in [-0.25, -0.2) is 0 Å². The second-order valence-electron chi connectivity index (χ2n) is 1.85. The predicted molar refractivity (Wildman–Crippen MR) is 37.6 cm³/mol. The Kier molecular flexibility index (Phi) is 1.11. The van der Waals surface area contributed by atoms with Crippen molar-refractivity contribution >= 4 is 22.8 Å². The minimum Gasteiger partial charge on any atom is -0.152 e.